The number of pyridine rings is 1. The molecule has 0 fully saturated rings. The normalized spacial score (nSPS) is 12.8. The van der Waals surface area contributed by atoms with Crippen LogP contribution < -0.4 is 20.3 Å². The molecular weight excluding hydrogens is 260 g/mol. The van der Waals surface area contributed by atoms with Crippen LogP contribution in [0.4, 0.5) is 5.69 Å². The van der Waals surface area contributed by atoms with Crippen LogP contribution in [0.25, 0.3) is 0 Å². The Morgan fingerprint density at radius 2 is 1.95 bits per heavy atom. The van der Waals surface area contributed by atoms with Gasteiger partial charge in [0.25, 0.3) is 11.5 Å². The summed E-state index contributed by atoms with van der Waals surface area (Å²) in [7, 11) is 0. The number of carbonyl (C=O) groups is 1. The van der Waals surface area contributed by atoms with Crippen LogP contribution in [0.3, 0.4) is 0 Å². The SMILES string of the molecule is O=C(Nc1ccc2c(c1)OCCO2)c1ccc[nH]c1=O. The van der Waals surface area contributed by atoms with Crippen molar-refractivity contribution in [2.75, 3.05) is 18.5 Å². The first-order chi connectivity index (χ1) is 9.74. The summed E-state index contributed by atoms with van der Waals surface area (Å²) in [6, 6.07) is 8.15. The predicted octanol–water partition coefficient (Wildman–Crippen LogP) is 1.40. The van der Waals surface area contributed by atoms with E-state index in [2.05, 4.69) is 10.3 Å². The topological polar surface area (TPSA) is 80.4 Å². The lowest BCUT2D eigenvalue weighted by Gasteiger charge is -2.18. The molecule has 1 aliphatic heterocycles. The summed E-state index contributed by atoms with van der Waals surface area (Å²) in [6.07, 6.45) is 1.48. The number of H-pyrrole nitrogens is 1. The van der Waals surface area contributed by atoms with E-state index in [0.717, 1.165) is 0 Å². The van der Waals surface area contributed by atoms with Crippen molar-refractivity contribution >= 4 is 11.6 Å². The highest BCUT2D eigenvalue weighted by atomic mass is 16.6. The van der Waals surface area contributed by atoms with Crippen LogP contribution in [-0.2, 0) is 0 Å². The molecule has 0 atom stereocenters. The molecule has 6 nitrogen and oxygen atoms in total. The summed E-state index contributed by atoms with van der Waals surface area (Å²) in [4.78, 5) is 26.0. The number of fused-ring (bicyclic) bond motifs is 1. The Bertz CT molecular complexity index is 708. The van der Waals surface area contributed by atoms with Crippen LogP contribution in [0.2, 0.25) is 0 Å². The molecule has 0 radical (unpaired) electrons. The Morgan fingerprint density at radius 1 is 1.15 bits per heavy atom. The summed E-state index contributed by atoms with van der Waals surface area (Å²) >= 11 is 0. The minimum atomic E-state index is -0.469. The summed E-state index contributed by atoms with van der Waals surface area (Å²) < 4.78 is 10.8. The standard InChI is InChI=1S/C14H12N2O4/c17-13-10(2-1-5-15-13)14(18)16-9-3-4-11-12(8-9)20-7-6-19-11/h1-5,8H,6-7H2,(H,15,17)(H,16,18). The highest BCUT2D eigenvalue weighted by Gasteiger charge is 2.14. The molecule has 1 aromatic carbocycles. The Labute approximate surface area is 114 Å². The van der Waals surface area contributed by atoms with Gasteiger partial charge in [-0.25, -0.2) is 0 Å². The van der Waals surface area contributed by atoms with E-state index in [0.29, 0.717) is 30.4 Å². The zero-order chi connectivity index (χ0) is 13.9. The smallest absolute Gasteiger partial charge is 0.261 e. The number of anilines is 1. The summed E-state index contributed by atoms with van der Waals surface area (Å²) in [6.45, 7) is 0.987. The number of aromatic nitrogens is 1. The summed E-state index contributed by atoms with van der Waals surface area (Å²) in [5.74, 6) is 0.756. The molecule has 2 N–H and O–H groups in total. The molecule has 3 rings (SSSR count). The summed E-state index contributed by atoms with van der Waals surface area (Å²) in [5.41, 5.74) is 0.174. The minimum Gasteiger partial charge on any atom is -0.486 e. The van der Waals surface area contributed by atoms with Crippen molar-refractivity contribution < 1.29 is 14.3 Å². The Balaban J connectivity index is 1.83. The van der Waals surface area contributed by atoms with Gasteiger partial charge in [0.2, 0.25) is 0 Å². The van der Waals surface area contributed by atoms with Crippen molar-refractivity contribution in [2.45, 2.75) is 0 Å². The second kappa shape index (κ2) is 5.08. The highest BCUT2D eigenvalue weighted by molar-refractivity contribution is 6.04. The van der Waals surface area contributed by atoms with E-state index in [9.17, 15) is 9.59 Å². The molecule has 2 aromatic rings. The number of rotatable bonds is 2. The van der Waals surface area contributed by atoms with Crippen molar-refractivity contribution in [3.05, 3.63) is 52.4 Å². The van der Waals surface area contributed by atoms with Crippen molar-refractivity contribution in [3.8, 4) is 11.5 Å². The molecular formula is C14H12N2O4. The van der Waals surface area contributed by atoms with Gasteiger partial charge in [0.05, 0.1) is 0 Å². The van der Waals surface area contributed by atoms with Crippen LogP contribution in [0, 0.1) is 0 Å². The first-order valence-electron chi connectivity index (χ1n) is 6.13. The maximum Gasteiger partial charge on any atom is 0.261 e. The van der Waals surface area contributed by atoms with Crippen LogP contribution in [0.15, 0.2) is 41.3 Å². The third kappa shape index (κ3) is 2.35. The number of nitrogens with one attached hydrogen (secondary N) is 2. The third-order valence-corrected chi connectivity index (χ3v) is 2.86. The van der Waals surface area contributed by atoms with Gasteiger partial charge in [-0.05, 0) is 24.3 Å². The van der Waals surface area contributed by atoms with Crippen LogP contribution in [0.5, 0.6) is 11.5 Å². The van der Waals surface area contributed by atoms with E-state index in [1.807, 2.05) is 0 Å². The summed E-state index contributed by atoms with van der Waals surface area (Å²) in [5, 5.41) is 2.65. The van der Waals surface area contributed by atoms with E-state index < -0.39 is 11.5 Å². The molecule has 2 heterocycles. The van der Waals surface area contributed by atoms with E-state index in [4.69, 9.17) is 9.47 Å². The Morgan fingerprint density at radius 3 is 2.75 bits per heavy atom. The molecule has 102 valence electrons. The average Bonchev–Trinajstić information content (AvgIpc) is 2.47. The number of carbonyl (C=O) groups excluding carboxylic acids is 1. The average molecular weight is 272 g/mol. The lowest BCUT2D eigenvalue weighted by Crippen LogP contribution is -2.22. The minimum absolute atomic E-state index is 0.0578. The molecule has 0 unspecified atom stereocenters. The van der Waals surface area contributed by atoms with Gasteiger partial charge in [0.1, 0.15) is 18.8 Å². The molecule has 0 saturated carbocycles. The van der Waals surface area contributed by atoms with Gasteiger partial charge in [-0.15, -0.1) is 0 Å². The molecule has 0 saturated heterocycles. The first-order valence-corrected chi connectivity index (χ1v) is 6.13. The van der Waals surface area contributed by atoms with Crippen LogP contribution >= 0.6 is 0 Å². The second-order valence-corrected chi connectivity index (χ2v) is 4.23. The number of ether oxygens (including phenoxy) is 2. The van der Waals surface area contributed by atoms with Crippen LogP contribution in [-0.4, -0.2) is 24.1 Å². The predicted molar refractivity (Wildman–Crippen MR) is 72.4 cm³/mol. The lowest BCUT2D eigenvalue weighted by molar-refractivity contribution is 0.102. The van der Waals surface area contributed by atoms with E-state index >= 15 is 0 Å². The fourth-order valence-electron chi connectivity index (χ4n) is 1.92. The highest BCUT2D eigenvalue weighted by Crippen LogP contribution is 2.32. The van der Waals surface area contributed by atoms with Gasteiger partial charge in [0, 0.05) is 18.0 Å². The van der Waals surface area contributed by atoms with Crippen LogP contribution in [0.1, 0.15) is 10.4 Å². The number of benzene rings is 1. The monoisotopic (exact) mass is 272 g/mol. The van der Waals surface area contributed by atoms with Gasteiger partial charge in [-0.2, -0.15) is 0 Å². The van der Waals surface area contributed by atoms with Crippen molar-refractivity contribution in [1.29, 1.82) is 0 Å². The van der Waals surface area contributed by atoms with Crippen molar-refractivity contribution in [3.63, 3.8) is 0 Å². The van der Waals surface area contributed by atoms with Gasteiger partial charge in [-0.1, -0.05) is 0 Å². The number of amides is 1. The third-order valence-electron chi connectivity index (χ3n) is 2.86. The van der Waals surface area contributed by atoms with E-state index in [1.165, 1.54) is 12.3 Å². The largest absolute Gasteiger partial charge is 0.486 e. The van der Waals surface area contributed by atoms with Gasteiger partial charge in [0.15, 0.2) is 11.5 Å². The number of hydrogen-bond acceptors (Lipinski definition) is 4. The fraction of sp³-hybridized carbons (Fsp3) is 0.143. The fourth-order valence-corrected chi connectivity index (χ4v) is 1.92. The zero-order valence-corrected chi connectivity index (χ0v) is 10.5. The molecule has 1 amide bonds. The maximum atomic E-state index is 12.0. The lowest BCUT2D eigenvalue weighted by atomic mass is 10.2. The van der Waals surface area contributed by atoms with Gasteiger partial charge in [-0.3, -0.25) is 9.59 Å². The molecule has 1 aliphatic rings. The number of hydrogen-bond donors (Lipinski definition) is 2. The Kier molecular flexibility index (Phi) is 3.12. The molecule has 0 spiro atoms. The second-order valence-electron chi connectivity index (χ2n) is 4.23. The van der Waals surface area contributed by atoms with Gasteiger partial charge < -0.3 is 19.8 Å². The van der Waals surface area contributed by atoms with E-state index in [1.54, 1.807) is 24.3 Å². The molecule has 6 heteroatoms. The molecule has 0 aliphatic carbocycles. The van der Waals surface area contributed by atoms with Crippen molar-refractivity contribution in [2.24, 2.45) is 0 Å². The first kappa shape index (κ1) is 12.3. The quantitative estimate of drug-likeness (QED) is 0.866. The van der Waals surface area contributed by atoms with Gasteiger partial charge >= 0.3 is 0 Å². The van der Waals surface area contributed by atoms with Crippen molar-refractivity contribution in [1.82, 2.24) is 4.98 Å². The number of aromatic amines is 1. The Hall–Kier alpha value is -2.76. The molecule has 20 heavy (non-hydrogen) atoms. The molecule has 0 bridgehead atoms. The zero-order valence-electron chi connectivity index (χ0n) is 10.5. The maximum absolute atomic E-state index is 12.0. The molecule has 1 aromatic heterocycles. The van der Waals surface area contributed by atoms with E-state index in [-0.39, 0.29) is 5.56 Å².